The summed E-state index contributed by atoms with van der Waals surface area (Å²) in [4.78, 5) is 14.4. The van der Waals surface area contributed by atoms with Crippen LogP contribution in [0.15, 0.2) is 85.2 Å². The summed E-state index contributed by atoms with van der Waals surface area (Å²) in [7, 11) is 1.87. The van der Waals surface area contributed by atoms with Crippen LogP contribution in [0.5, 0.6) is 0 Å². The minimum atomic E-state index is 0.137. The molecule has 0 aliphatic heterocycles. The third kappa shape index (κ3) is 4.87. The SMILES string of the molecule is CN(CCCc1cc(-c2ccccc2)n[nH]1)C(=O)Cc1ccc(-n2cccc2)cc1. The van der Waals surface area contributed by atoms with Gasteiger partial charge in [-0.25, -0.2) is 0 Å². The number of carbonyl (C=O) groups is 1. The zero-order chi connectivity index (χ0) is 20.8. The summed E-state index contributed by atoms with van der Waals surface area (Å²) in [5, 5.41) is 7.50. The molecule has 5 nitrogen and oxygen atoms in total. The average Bonchev–Trinajstić information content (AvgIpc) is 3.47. The summed E-state index contributed by atoms with van der Waals surface area (Å²) in [6, 6.07) is 24.4. The number of nitrogens with zero attached hydrogens (tertiary/aromatic N) is 3. The van der Waals surface area contributed by atoms with Gasteiger partial charge >= 0.3 is 0 Å². The quantitative estimate of drug-likeness (QED) is 0.475. The number of hydrogen-bond acceptors (Lipinski definition) is 2. The number of hydrogen-bond donors (Lipinski definition) is 1. The molecule has 0 saturated heterocycles. The second kappa shape index (κ2) is 9.27. The molecule has 0 spiro atoms. The van der Waals surface area contributed by atoms with Gasteiger partial charge in [0.2, 0.25) is 5.91 Å². The monoisotopic (exact) mass is 398 g/mol. The zero-order valence-electron chi connectivity index (χ0n) is 17.2. The number of amides is 1. The van der Waals surface area contributed by atoms with Crippen molar-refractivity contribution in [2.45, 2.75) is 19.3 Å². The van der Waals surface area contributed by atoms with Crippen LogP contribution in [-0.2, 0) is 17.6 Å². The van der Waals surface area contributed by atoms with Crippen LogP contribution in [0.3, 0.4) is 0 Å². The molecule has 4 aromatic rings. The standard InChI is InChI=1S/C25H26N4O/c1-28(15-7-10-22-19-24(27-26-22)21-8-3-2-4-9-21)25(30)18-20-11-13-23(14-12-20)29-16-5-6-17-29/h2-6,8-9,11-14,16-17,19H,7,10,15,18H2,1H3,(H,26,27). The highest BCUT2D eigenvalue weighted by Gasteiger charge is 2.10. The fraction of sp³-hybridized carbons (Fsp3) is 0.200. The number of nitrogens with one attached hydrogen (secondary N) is 1. The highest BCUT2D eigenvalue weighted by Crippen LogP contribution is 2.17. The Bertz CT molecular complexity index is 1070. The molecule has 152 valence electrons. The summed E-state index contributed by atoms with van der Waals surface area (Å²) in [6.45, 7) is 0.722. The predicted octanol–water partition coefficient (Wildman–Crippen LogP) is 4.50. The summed E-state index contributed by atoms with van der Waals surface area (Å²) in [5.41, 5.74) is 5.28. The van der Waals surface area contributed by atoms with Gasteiger partial charge in [0.25, 0.3) is 0 Å². The third-order valence-electron chi connectivity index (χ3n) is 5.26. The van der Waals surface area contributed by atoms with Crippen molar-refractivity contribution in [2.75, 3.05) is 13.6 Å². The zero-order valence-corrected chi connectivity index (χ0v) is 17.2. The van der Waals surface area contributed by atoms with Crippen molar-refractivity contribution in [3.05, 3.63) is 96.4 Å². The average molecular weight is 399 g/mol. The van der Waals surface area contributed by atoms with Gasteiger partial charge in [0, 0.05) is 42.9 Å². The van der Waals surface area contributed by atoms with Gasteiger partial charge in [-0.1, -0.05) is 42.5 Å². The molecular formula is C25H26N4O. The molecule has 0 saturated carbocycles. The molecule has 0 aliphatic rings. The Morgan fingerprint density at radius 2 is 1.73 bits per heavy atom. The number of benzene rings is 2. The van der Waals surface area contributed by atoms with Crippen molar-refractivity contribution in [3.8, 4) is 16.9 Å². The summed E-state index contributed by atoms with van der Waals surface area (Å²) in [6.07, 6.45) is 6.20. The van der Waals surface area contributed by atoms with Crippen LogP contribution < -0.4 is 0 Å². The first-order valence-electron chi connectivity index (χ1n) is 10.2. The number of likely N-dealkylation sites (N-methyl/N-ethyl adjacent to an activating group) is 1. The third-order valence-corrected chi connectivity index (χ3v) is 5.26. The van der Waals surface area contributed by atoms with Gasteiger partial charge in [-0.3, -0.25) is 9.89 Å². The van der Waals surface area contributed by atoms with E-state index in [2.05, 4.69) is 33.0 Å². The van der Waals surface area contributed by atoms with Crippen LogP contribution in [0.1, 0.15) is 17.7 Å². The van der Waals surface area contributed by atoms with E-state index in [1.54, 1.807) is 0 Å². The highest BCUT2D eigenvalue weighted by molar-refractivity contribution is 5.78. The van der Waals surface area contributed by atoms with Crippen LogP contribution in [0.25, 0.3) is 16.9 Å². The molecule has 0 bridgehead atoms. The molecule has 0 unspecified atom stereocenters. The maximum atomic E-state index is 12.6. The van der Waals surface area contributed by atoms with Crippen molar-refractivity contribution in [3.63, 3.8) is 0 Å². The number of aromatic nitrogens is 3. The fourth-order valence-electron chi connectivity index (χ4n) is 3.48. The molecular weight excluding hydrogens is 372 g/mol. The van der Waals surface area contributed by atoms with Gasteiger partial charge in [-0.15, -0.1) is 0 Å². The second-order valence-electron chi connectivity index (χ2n) is 7.50. The number of H-pyrrole nitrogens is 1. The van der Waals surface area contributed by atoms with Crippen molar-refractivity contribution < 1.29 is 4.79 Å². The van der Waals surface area contributed by atoms with Crippen molar-refractivity contribution in [2.24, 2.45) is 0 Å². The molecule has 2 aromatic heterocycles. The molecule has 4 rings (SSSR count). The van der Waals surface area contributed by atoms with Crippen molar-refractivity contribution in [1.29, 1.82) is 0 Å². The Balaban J connectivity index is 1.24. The molecule has 5 heteroatoms. The van der Waals surface area contributed by atoms with E-state index in [0.717, 1.165) is 47.6 Å². The minimum absolute atomic E-state index is 0.137. The smallest absolute Gasteiger partial charge is 0.226 e. The molecule has 0 fully saturated rings. The molecule has 0 aliphatic carbocycles. The summed E-state index contributed by atoms with van der Waals surface area (Å²) in [5.74, 6) is 0.137. The topological polar surface area (TPSA) is 53.9 Å². The maximum absolute atomic E-state index is 12.6. The molecule has 1 N–H and O–H groups in total. The first kappa shape index (κ1) is 19.7. The first-order valence-corrected chi connectivity index (χ1v) is 10.2. The molecule has 2 aromatic carbocycles. The van der Waals surface area contributed by atoms with Gasteiger partial charge < -0.3 is 9.47 Å². The number of carbonyl (C=O) groups excluding carboxylic acids is 1. The molecule has 1 amide bonds. The lowest BCUT2D eigenvalue weighted by atomic mass is 10.1. The Kier molecular flexibility index (Phi) is 6.09. The number of aromatic amines is 1. The Morgan fingerprint density at radius 1 is 1.00 bits per heavy atom. The van der Waals surface area contributed by atoms with E-state index in [9.17, 15) is 4.79 Å². The van der Waals surface area contributed by atoms with Gasteiger partial charge in [0.1, 0.15) is 0 Å². The van der Waals surface area contributed by atoms with E-state index in [-0.39, 0.29) is 5.91 Å². The Morgan fingerprint density at radius 3 is 2.47 bits per heavy atom. The second-order valence-corrected chi connectivity index (χ2v) is 7.50. The van der Waals surface area contributed by atoms with Crippen LogP contribution >= 0.6 is 0 Å². The fourth-order valence-corrected chi connectivity index (χ4v) is 3.48. The largest absolute Gasteiger partial charge is 0.345 e. The van der Waals surface area contributed by atoms with Gasteiger partial charge in [0.15, 0.2) is 0 Å². The lowest BCUT2D eigenvalue weighted by molar-refractivity contribution is -0.129. The van der Waals surface area contributed by atoms with E-state index in [1.165, 1.54) is 0 Å². The van der Waals surface area contributed by atoms with Crippen molar-refractivity contribution >= 4 is 5.91 Å². The Hall–Kier alpha value is -3.60. The molecule has 0 atom stereocenters. The van der Waals surface area contributed by atoms with Crippen LogP contribution in [0.2, 0.25) is 0 Å². The number of aryl methyl sites for hydroxylation is 1. The van der Waals surface area contributed by atoms with E-state index in [4.69, 9.17) is 0 Å². The summed E-state index contributed by atoms with van der Waals surface area (Å²) < 4.78 is 2.05. The van der Waals surface area contributed by atoms with E-state index in [0.29, 0.717) is 6.42 Å². The maximum Gasteiger partial charge on any atom is 0.226 e. The highest BCUT2D eigenvalue weighted by atomic mass is 16.2. The lowest BCUT2D eigenvalue weighted by Crippen LogP contribution is -2.29. The van der Waals surface area contributed by atoms with Crippen LogP contribution in [-0.4, -0.2) is 39.2 Å². The molecule has 2 heterocycles. The van der Waals surface area contributed by atoms with E-state index in [1.807, 2.05) is 78.9 Å². The lowest BCUT2D eigenvalue weighted by Gasteiger charge is -2.17. The number of rotatable bonds is 8. The van der Waals surface area contributed by atoms with Gasteiger partial charge in [-0.2, -0.15) is 5.10 Å². The predicted molar refractivity (Wildman–Crippen MR) is 119 cm³/mol. The molecule has 0 radical (unpaired) electrons. The van der Waals surface area contributed by atoms with E-state index < -0.39 is 0 Å². The molecule has 30 heavy (non-hydrogen) atoms. The first-order chi connectivity index (χ1) is 14.7. The summed E-state index contributed by atoms with van der Waals surface area (Å²) >= 11 is 0. The van der Waals surface area contributed by atoms with E-state index >= 15 is 0 Å². The van der Waals surface area contributed by atoms with Gasteiger partial charge in [0.05, 0.1) is 12.1 Å². The van der Waals surface area contributed by atoms with Crippen molar-refractivity contribution in [1.82, 2.24) is 19.7 Å². The van der Waals surface area contributed by atoms with Crippen LogP contribution in [0.4, 0.5) is 0 Å². The van der Waals surface area contributed by atoms with Gasteiger partial charge in [-0.05, 0) is 48.7 Å². The van der Waals surface area contributed by atoms with Crippen LogP contribution in [0, 0.1) is 0 Å². The normalized spacial score (nSPS) is 10.8. The Labute approximate surface area is 177 Å². The minimum Gasteiger partial charge on any atom is -0.345 e.